The standard InChI is InChI=1S/C12H13N3O/c13-8-4-6-9(7-5-8)15-12(16)10-2-1-3-11(10)14-15/h4-7,10H,1-3,13H2. The first-order valence-corrected chi connectivity index (χ1v) is 5.52. The molecule has 82 valence electrons. The summed E-state index contributed by atoms with van der Waals surface area (Å²) in [5, 5.41) is 5.90. The molecule has 0 bridgehead atoms. The first kappa shape index (κ1) is 9.39. The number of anilines is 2. The molecule has 0 aromatic heterocycles. The van der Waals surface area contributed by atoms with E-state index in [0.29, 0.717) is 5.69 Å². The fraction of sp³-hybridized carbons (Fsp3) is 0.333. The minimum absolute atomic E-state index is 0.0394. The number of carbonyl (C=O) groups is 1. The smallest absolute Gasteiger partial charge is 0.256 e. The zero-order valence-electron chi connectivity index (χ0n) is 8.89. The number of hydrogen-bond acceptors (Lipinski definition) is 3. The highest BCUT2D eigenvalue weighted by Gasteiger charge is 2.39. The second-order valence-corrected chi connectivity index (χ2v) is 4.28. The third-order valence-electron chi connectivity index (χ3n) is 3.20. The molecule has 1 amide bonds. The molecule has 1 saturated carbocycles. The van der Waals surface area contributed by atoms with E-state index in [1.165, 1.54) is 5.01 Å². The summed E-state index contributed by atoms with van der Waals surface area (Å²) in [5.74, 6) is 0.148. The van der Waals surface area contributed by atoms with Gasteiger partial charge in [-0.2, -0.15) is 5.10 Å². The quantitative estimate of drug-likeness (QED) is 0.726. The molecule has 2 aliphatic rings. The van der Waals surface area contributed by atoms with Crippen molar-refractivity contribution in [3.8, 4) is 0 Å². The van der Waals surface area contributed by atoms with Crippen LogP contribution in [0.15, 0.2) is 29.4 Å². The van der Waals surface area contributed by atoms with Crippen LogP contribution < -0.4 is 10.7 Å². The molecule has 1 fully saturated rings. The van der Waals surface area contributed by atoms with E-state index in [2.05, 4.69) is 5.10 Å². The van der Waals surface area contributed by atoms with Crippen LogP contribution in [0.3, 0.4) is 0 Å². The van der Waals surface area contributed by atoms with Crippen LogP contribution in [0.25, 0.3) is 0 Å². The Balaban J connectivity index is 1.94. The minimum atomic E-state index is 0.0394. The summed E-state index contributed by atoms with van der Waals surface area (Å²) in [4.78, 5) is 12.1. The average molecular weight is 215 g/mol. The Kier molecular flexibility index (Phi) is 1.96. The molecule has 4 heteroatoms. The number of nitrogens with zero attached hydrogens (tertiary/aromatic N) is 2. The normalized spacial score (nSPS) is 23.5. The maximum atomic E-state index is 12.1. The van der Waals surface area contributed by atoms with Crippen LogP contribution in [0.5, 0.6) is 0 Å². The number of fused-ring (bicyclic) bond motifs is 1. The van der Waals surface area contributed by atoms with Crippen LogP contribution in [-0.4, -0.2) is 11.6 Å². The first-order chi connectivity index (χ1) is 7.75. The Hall–Kier alpha value is -1.84. The third kappa shape index (κ3) is 1.30. The number of rotatable bonds is 1. The van der Waals surface area contributed by atoms with Gasteiger partial charge in [0, 0.05) is 5.69 Å². The summed E-state index contributed by atoms with van der Waals surface area (Å²) in [5.41, 5.74) is 8.16. The van der Waals surface area contributed by atoms with E-state index in [9.17, 15) is 4.79 Å². The van der Waals surface area contributed by atoms with Gasteiger partial charge in [0.1, 0.15) is 0 Å². The Morgan fingerprint density at radius 2 is 2.06 bits per heavy atom. The number of hydrazone groups is 1. The van der Waals surface area contributed by atoms with Crippen LogP contribution in [-0.2, 0) is 4.79 Å². The lowest BCUT2D eigenvalue weighted by Gasteiger charge is -2.13. The summed E-state index contributed by atoms with van der Waals surface area (Å²) in [6, 6.07) is 7.24. The van der Waals surface area contributed by atoms with E-state index in [1.54, 1.807) is 12.1 Å². The molecular formula is C12H13N3O. The summed E-state index contributed by atoms with van der Waals surface area (Å²) in [6.07, 6.45) is 3.00. The molecular weight excluding hydrogens is 202 g/mol. The molecule has 1 aliphatic carbocycles. The van der Waals surface area contributed by atoms with Crippen molar-refractivity contribution in [3.05, 3.63) is 24.3 Å². The van der Waals surface area contributed by atoms with Gasteiger partial charge in [-0.15, -0.1) is 0 Å². The second kappa shape index (κ2) is 3.33. The molecule has 1 heterocycles. The molecule has 1 atom stereocenters. The van der Waals surface area contributed by atoms with Crippen LogP contribution in [0.4, 0.5) is 11.4 Å². The zero-order chi connectivity index (χ0) is 11.1. The molecule has 16 heavy (non-hydrogen) atoms. The summed E-state index contributed by atoms with van der Waals surface area (Å²) >= 11 is 0. The predicted molar refractivity (Wildman–Crippen MR) is 63.1 cm³/mol. The van der Waals surface area contributed by atoms with E-state index < -0.39 is 0 Å². The van der Waals surface area contributed by atoms with Crippen molar-refractivity contribution in [2.45, 2.75) is 19.3 Å². The highest BCUT2D eigenvalue weighted by molar-refractivity contribution is 6.16. The number of carbonyl (C=O) groups excluding carboxylic acids is 1. The van der Waals surface area contributed by atoms with Gasteiger partial charge in [-0.1, -0.05) is 0 Å². The van der Waals surface area contributed by atoms with Crippen LogP contribution in [0, 0.1) is 5.92 Å². The van der Waals surface area contributed by atoms with Crippen molar-refractivity contribution in [2.75, 3.05) is 10.7 Å². The Morgan fingerprint density at radius 3 is 2.75 bits per heavy atom. The molecule has 1 aromatic carbocycles. The number of benzene rings is 1. The molecule has 0 radical (unpaired) electrons. The lowest BCUT2D eigenvalue weighted by Crippen LogP contribution is -2.25. The molecule has 0 saturated heterocycles. The SMILES string of the molecule is Nc1ccc(N2N=C3CCCC3C2=O)cc1. The van der Waals surface area contributed by atoms with E-state index in [1.807, 2.05) is 12.1 Å². The fourth-order valence-corrected chi connectivity index (χ4v) is 2.34. The summed E-state index contributed by atoms with van der Waals surface area (Å²) in [7, 11) is 0. The largest absolute Gasteiger partial charge is 0.399 e. The lowest BCUT2D eigenvalue weighted by molar-refractivity contribution is -0.119. The average Bonchev–Trinajstić information content (AvgIpc) is 2.84. The molecule has 0 spiro atoms. The molecule has 2 N–H and O–H groups in total. The maximum Gasteiger partial charge on any atom is 0.256 e. The molecule has 1 unspecified atom stereocenters. The van der Waals surface area contributed by atoms with Crippen molar-refractivity contribution in [2.24, 2.45) is 11.0 Å². The number of nitrogen functional groups attached to an aromatic ring is 1. The molecule has 1 aliphatic heterocycles. The number of amides is 1. The number of hydrogen-bond donors (Lipinski definition) is 1. The van der Waals surface area contributed by atoms with Crippen LogP contribution >= 0.6 is 0 Å². The highest BCUT2D eigenvalue weighted by Crippen LogP contribution is 2.33. The zero-order valence-corrected chi connectivity index (χ0v) is 8.89. The van der Waals surface area contributed by atoms with Crippen molar-refractivity contribution in [1.29, 1.82) is 0 Å². The van der Waals surface area contributed by atoms with Gasteiger partial charge in [0.05, 0.1) is 17.3 Å². The monoisotopic (exact) mass is 215 g/mol. The van der Waals surface area contributed by atoms with E-state index in [-0.39, 0.29) is 11.8 Å². The van der Waals surface area contributed by atoms with Gasteiger partial charge in [-0.25, -0.2) is 5.01 Å². The molecule has 1 aromatic rings. The van der Waals surface area contributed by atoms with E-state index in [0.717, 1.165) is 30.7 Å². The Bertz CT molecular complexity index is 464. The summed E-state index contributed by atoms with van der Waals surface area (Å²) < 4.78 is 0. The van der Waals surface area contributed by atoms with E-state index in [4.69, 9.17) is 5.73 Å². The van der Waals surface area contributed by atoms with Gasteiger partial charge in [0.2, 0.25) is 0 Å². The van der Waals surface area contributed by atoms with Gasteiger partial charge in [0.15, 0.2) is 0 Å². The third-order valence-corrected chi connectivity index (χ3v) is 3.20. The van der Waals surface area contributed by atoms with Crippen molar-refractivity contribution >= 4 is 23.0 Å². The van der Waals surface area contributed by atoms with Crippen molar-refractivity contribution < 1.29 is 4.79 Å². The van der Waals surface area contributed by atoms with Gasteiger partial charge in [0.25, 0.3) is 5.91 Å². The Morgan fingerprint density at radius 1 is 1.31 bits per heavy atom. The first-order valence-electron chi connectivity index (χ1n) is 5.52. The van der Waals surface area contributed by atoms with E-state index >= 15 is 0 Å². The maximum absolute atomic E-state index is 12.1. The second-order valence-electron chi connectivity index (χ2n) is 4.28. The van der Waals surface area contributed by atoms with Crippen molar-refractivity contribution in [1.82, 2.24) is 0 Å². The van der Waals surface area contributed by atoms with Gasteiger partial charge in [-0.05, 0) is 43.5 Å². The van der Waals surface area contributed by atoms with Gasteiger partial charge >= 0.3 is 0 Å². The predicted octanol–water partition coefficient (Wildman–Crippen LogP) is 1.77. The van der Waals surface area contributed by atoms with Crippen molar-refractivity contribution in [3.63, 3.8) is 0 Å². The van der Waals surface area contributed by atoms with Gasteiger partial charge < -0.3 is 5.73 Å². The number of nitrogens with two attached hydrogens (primary N) is 1. The fourth-order valence-electron chi connectivity index (χ4n) is 2.34. The molecule has 3 rings (SSSR count). The topological polar surface area (TPSA) is 58.7 Å². The molecule has 4 nitrogen and oxygen atoms in total. The summed E-state index contributed by atoms with van der Waals surface area (Å²) in [6.45, 7) is 0. The lowest BCUT2D eigenvalue weighted by atomic mass is 10.1. The van der Waals surface area contributed by atoms with Crippen LogP contribution in [0.2, 0.25) is 0 Å². The highest BCUT2D eigenvalue weighted by atomic mass is 16.2. The van der Waals surface area contributed by atoms with Gasteiger partial charge in [-0.3, -0.25) is 4.79 Å². The van der Waals surface area contributed by atoms with Crippen LogP contribution in [0.1, 0.15) is 19.3 Å². The Labute approximate surface area is 93.7 Å². The minimum Gasteiger partial charge on any atom is -0.399 e.